The van der Waals surface area contributed by atoms with E-state index in [4.69, 9.17) is 0 Å². The molecule has 0 radical (unpaired) electrons. The molecule has 0 unspecified atom stereocenters. The van der Waals surface area contributed by atoms with Crippen molar-refractivity contribution in [2.75, 3.05) is 36.4 Å². The highest BCUT2D eigenvalue weighted by atomic mass is 16.2. The molecule has 0 saturated carbocycles. The molecule has 2 heterocycles. The lowest BCUT2D eigenvalue weighted by atomic mass is 10.0. The van der Waals surface area contributed by atoms with Crippen LogP contribution in [0.3, 0.4) is 0 Å². The van der Waals surface area contributed by atoms with Gasteiger partial charge in [-0.3, -0.25) is 9.59 Å². The summed E-state index contributed by atoms with van der Waals surface area (Å²) in [4.78, 5) is 30.8. The molecule has 0 bridgehead atoms. The minimum absolute atomic E-state index is 0.0735. The molecule has 0 spiro atoms. The van der Waals surface area contributed by atoms with E-state index in [1.54, 1.807) is 0 Å². The molecule has 5 nitrogen and oxygen atoms in total. The molecule has 1 N–H and O–H groups in total. The molecule has 2 saturated heterocycles. The van der Waals surface area contributed by atoms with Gasteiger partial charge in [0.05, 0.1) is 5.56 Å². The number of fused-ring (bicyclic) bond motifs is 1. The monoisotopic (exact) mass is 427 g/mol. The molecule has 0 aromatic heterocycles. The first-order valence-electron chi connectivity index (χ1n) is 11.7. The van der Waals surface area contributed by atoms with Gasteiger partial charge in [-0.2, -0.15) is 0 Å². The van der Waals surface area contributed by atoms with E-state index < -0.39 is 0 Å². The van der Waals surface area contributed by atoms with Gasteiger partial charge in [-0.15, -0.1) is 0 Å². The summed E-state index contributed by atoms with van der Waals surface area (Å²) in [6, 6.07) is 19.4. The summed E-state index contributed by atoms with van der Waals surface area (Å²) in [6.07, 6.45) is 5.66. The number of rotatable bonds is 4. The summed E-state index contributed by atoms with van der Waals surface area (Å²) < 4.78 is 0. The minimum Gasteiger partial charge on any atom is -0.371 e. The van der Waals surface area contributed by atoms with E-state index in [1.807, 2.05) is 65.6 Å². The van der Waals surface area contributed by atoms with Gasteiger partial charge in [0.2, 0.25) is 0 Å². The number of carbonyl (C=O) groups is 2. The lowest BCUT2D eigenvalue weighted by molar-refractivity contribution is 0.0793. The number of carbonyl (C=O) groups excluding carboxylic acids is 2. The van der Waals surface area contributed by atoms with Crippen molar-refractivity contribution in [2.24, 2.45) is 0 Å². The Hall–Kier alpha value is -3.34. The second-order valence-electron chi connectivity index (χ2n) is 8.76. The first-order chi connectivity index (χ1) is 15.7. The van der Waals surface area contributed by atoms with Crippen molar-refractivity contribution in [1.29, 1.82) is 0 Å². The van der Waals surface area contributed by atoms with Crippen molar-refractivity contribution in [2.45, 2.75) is 32.1 Å². The third kappa shape index (κ3) is 4.07. The van der Waals surface area contributed by atoms with Crippen LogP contribution < -0.4 is 10.2 Å². The quantitative estimate of drug-likeness (QED) is 0.613. The van der Waals surface area contributed by atoms with Crippen LogP contribution in [0, 0.1) is 0 Å². The van der Waals surface area contributed by atoms with Crippen LogP contribution in [0.25, 0.3) is 10.8 Å². The Morgan fingerprint density at radius 3 is 2.25 bits per heavy atom. The zero-order valence-electron chi connectivity index (χ0n) is 18.3. The lowest BCUT2D eigenvalue weighted by Crippen LogP contribution is -2.34. The predicted molar refractivity (Wildman–Crippen MR) is 130 cm³/mol. The first-order valence-corrected chi connectivity index (χ1v) is 11.7. The number of piperidine rings is 1. The number of nitrogens with zero attached hydrogens (tertiary/aromatic N) is 2. The van der Waals surface area contributed by atoms with Gasteiger partial charge in [-0.1, -0.05) is 36.4 Å². The number of hydrogen-bond acceptors (Lipinski definition) is 3. The molecule has 32 heavy (non-hydrogen) atoms. The first kappa shape index (κ1) is 20.6. The topological polar surface area (TPSA) is 52.7 Å². The summed E-state index contributed by atoms with van der Waals surface area (Å²) in [5.41, 5.74) is 2.98. The fourth-order valence-electron chi connectivity index (χ4n) is 4.91. The van der Waals surface area contributed by atoms with Gasteiger partial charge in [0, 0.05) is 43.1 Å². The third-order valence-electron chi connectivity index (χ3n) is 6.61. The predicted octanol–water partition coefficient (Wildman–Crippen LogP) is 5.32. The second-order valence-corrected chi connectivity index (χ2v) is 8.76. The number of hydrogen-bond donors (Lipinski definition) is 1. The highest BCUT2D eigenvalue weighted by molar-refractivity contribution is 6.13. The van der Waals surface area contributed by atoms with E-state index in [0.29, 0.717) is 16.8 Å². The van der Waals surface area contributed by atoms with Gasteiger partial charge >= 0.3 is 0 Å². The van der Waals surface area contributed by atoms with Crippen LogP contribution in [-0.2, 0) is 0 Å². The maximum atomic E-state index is 13.4. The van der Waals surface area contributed by atoms with E-state index in [0.717, 1.165) is 68.3 Å². The largest absolute Gasteiger partial charge is 0.371 e. The maximum Gasteiger partial charge on any atom is 0.256 e. The van der Waals surface area contributed by atoms with Crippen LogP contribution in [-0.4, -0.2) is 42.9 Å². The van der Waals surface area contributed by atoms with Gasteiger partial charge in [0.25, 0.3) is 11.8 Å². The van der Waals surface area contributed by atoms with Crippen molar-refractivity contribution in [3.8, 4) is 0 Å². The van der Waals surface area contributed by atoms with Crippen LogP contribution in [0.15, 0.2) is 60.7 Å². The molecule has 5 rings (SSSR count). The third-order valence-corrected chi connectivity index (χ3v) is 6.61. The number of anilines is 2. The Labute approximate surface area is 189 Å². The van der Waals surface area contributed by atoms with E-state index in [1.165, 1.54) is 6.42 Å². The minimum atomic E-state index is -0.160. The molecule has 0 atom stereocenters. The van der Waals surface area contributed by atoms with E-state index >= 15 is 0 Å². The Morgan fingerprint density at radius 1 is 0.719 bits per heavy atom. The van der Waals surface area contributed by atoms with Gasteiger partial charge in [-0.25, -0.2) is 0 Å². The summed E-state index contributed by atoms with van der Waals surface area (Å²) >= 11 is 0. The molecule has 5 heteroatoms. The Balaban J connectivity index is 1.46. The summed E-state index contributed by atoms with van der Waals surface area (Å²) in [5.74, 6) is -0.0866. The SMILES string of the molecule is O=C(Nc1ccc(N2CCCCC2)c(C(=O)N2CCCC2)c1)c1cccc2ccccc12. The number of amides is 2. The molecule has 164 valence electrons. The maximum absolute atomic E-state index is 13.4. The van der Waals surface area contributed by atoms with Gasteiger partial charge in [0.1, 0.15) is 0 Å². The van der Waals surface area contributed by atoms with E-state index in [2.05, 4.69) is 10.2 Å². The van der Waals surface area contributed by atoms with Crippen LogP contribution in [0.4, 0.5) is 11.4 Å². The summed E-state index contributed by atoms with van der Waals surface area (Å²) in [5, 5.41) is 4.99. The van der Waals surface area contributed by atoms with Crippen molar-refractivity contribution in [1.82, 2.24) is 4.90 Å². The molecular weight excluding hydrogens is 398 g/mol. The standard InChI is InChI=1S/C27H29N3O2/c31-26(23-12-8-10-20-9-2-3-11-22(20)23)28-21-13-14-25(29-15-4-1-5-16-29)24(19-21)27(32)30-17-6-7-18-30/h2-3,8-14,19H,1,4-7,15-18H2,(H,28,31). The summed E-state index contributed by atoms with van der Waals surface area (Å²) in [7, 11) is 0. The van der Waals surface area contributed by atoms with E-state index in [9.17, 15) is 9.59 Å². The van der Waals surface area contributed by atoms with Gasteiger partial charge in [0.15, 0.2) is 0 Å². The van der Waals surface area contributed by atoms with Crippen LogP contribution >= 0.6 is 0 Å². The molecule has 3 aromatic rings. The molecule has 0 aliphatic carbocycles. The van der Waals surface area contributed by atoms with Crippen molar-refractivity contribution in [3.05, 3.63) is 71.8 Å². The Morgan fingerprint density at radius 2 is 1.44 bits per heavy atom. The van der Waals surface area contributed by atoms with Crippen LogP contribution in [0.5, 0.6) is 0 Å². The van der Waals surface area contributed by atoms with Crippen LogP contribution in [0.1, 0.15) is 52.8 Å². The normalized spacial score (nSPS) is 16.4. The molecule has 3 aromatic carbocycles. The van der Waals surface area contributed by atoms with Gasteiger partial charge in [-0.05, 0) is 67.1 Å². The molecule has 2 fully saturated rings. The highest BCUT2D eigenvalue weighted by Gasteiger charge is 2.25. The second kappa shape index (κ2) is 9.03. The number of likely N-dealkylation sites (tertiary alicyclic amines) is 1. The average molecular weight is 428 g/mol. The van der Waals surface area contributed by atoms with Crippen molar-refractivity contribution in [3.63, 3.8) is 0 Å². The summed E-state index contributed by atoms with van der Waals surface area (Å²) in [6.45, 7) is 3.57. The zero-order valence-corrected chi connectivity index (χ0v) is 18.3. The van der Waals surface area contributed by atoms with Crippen LogP contribution in [0.2, 0.25) is 0 Å². The zero-order chi connectivity index (χ0) is 21.9. The Kier molecular flexibility index (Phi) is 5.80. The molecule has 2 aliphatic heterocycles. The fourth-order valence-corrected chi connectivity index (χ4v) is 4.91. The van der Waals surface area contributed by atoms with Crippen molar-refractivity contribution >= 4 is 34.0 Å². The number of nitrogens with one attached hydrogen (secondary N) is 1. The Bertz CT molecular complexity index is 1140. The molecule has 2 amide bonds. The molecule has 2 aliphatic rings. The van der Waals surface area contributed by atoms with Crippen molar-refractivity contribution < 1.29 is 9.59 Å². The molecular formula is C27H29N3O2. The van der Waals surface area contributed by atoms with E-state index in [-0.39, 0.29) is 11.8 Å². The lowest BCUT2D eigenvalue weighted by Gasteiger charge is -2.31. The fraction of sp³-hybridized carbons (Fsp3) is 0.333. The smallest absolute Gasteiger partial charge is 0.256 e. The van der Waals surface area contributed by atoms with Gasteiger partial charge < -0.3 is 15.1 Å². The number of benzene rings is 3. The highest BCUT2D eigenvalue weighted by Crippen LogP contribution is 2.30. The average Bonchev–Trinajstić information content (AvgIpc) is 3.39.